The van der Waals surface area contributed by atoms with E-state index in [1.54, 1.807) is 12.1 Å². The molecule has 0 heterocycles. The van der Waals surface area contributed by atoms with Crippen LogP contribution in [0.4, 0.5) is 0 Å². The van der Waals surface area contributed by atoms with Crippen molar-refractivity contribution in [2.45, 2.75) is 55.4 Å². The van der Waals surface area contributed by atoms with Gasteiger partial charge in [-0.2, -0.15) is 0 Å². The van der Waals surface area contributed by atoms with Crippen LogP contribution in [0.1, 0.15) is 58.2 Å². The molecular formula is C22H33BrO. The summed E-state index contributed by atoms with van der Waals surface area (Å²) < 4.78 is 0.983. The topological polar surface area (TPSA) is 20.2 Å². The minimum absolute atomic E-state index is 0.294. The van der Waals surface area contributed by atoms with Crippen LogP contribution in [-0.2, 0) is 0 Å². The van der Waals surface area contributed by atoms with E-state index in [-0.39, 0.29) is 0 Å². The van der Waals surface area contributed by atoms with Crippen molar-refractivity contribution in [1.82, 2.24) is 0 Å². The first kappa shape index (κ1) is 24.7. The Balaban J connectivity index is 0. The molecule has 2 heteroatoms. The summed E-state index contributed by atoms with van der Waals surface area (Å²) in [5, 5.41) is 10.1. The molecule has 0 spiro atoms. The third-order valence-corrected chi connectivity index (χ3v) is 3.68. The van der Waals surface area contributed by atoms with E-state index < -0.39 is 0 Å². The zero-order chi connectivity index (χ0) is 19.3. The maximum absolute atomic E-state index is 10.1. The van der Waals surface area contributed by atoms with Gasteiger partial charge in [-0.15, -0.1) is 0 Å². The summed E-state index contributed by atoms with van der Waals surface area (Å²) in [5.74, 6) is 0.294. The first-order valence-electron chi connectivity index (χ1n) is 8.75. The van der Waals surface area contributed by atoms with E-state index >= 15 is 0 Å². The molecule has 0 aliphatic rings. The van der Waals surface area contributed by atoms with Crippen LogP contribution in [0, 0.1) is 13.8 Å². The van der Waals surface area contributed by atoms with E-state index in [2.05, 4.69) is 22.5 Å². The Labute approximate surface area is 157 Å². The van der Waals surface area contributed by atoms with Crippen molar-refractivity contribution in [3.8, 4) is 16.9 Å². The third kappa shape index (κ3) is 6.92. The molecule has 0 aliphatic heterocycles. The molecule has 0 bridgehead atoms. The molecule has 0 aliphatic carbocycles. The van der Waals surface area contributed by atoms with E-state index in [1.165, 1.54) is 5.56 Å². The molecule has 134 valence electrons. The molecule has 0 atom stereocenters. The lowest BCUT2D eigenvalue weighted by molar-refractivity contribution is 0.477. The van der Waals surface area contributed by atoms with Crippen LogP contribution in [0.25, 0.3) is 17.2 Å². The van der Waals surface area contributed by atoms with E-state index in [4.69, 9.17) is 0 Å². The SMILES string of the molecule is C=Cc1cc(-c2ccc(C)cc2Br)c(O)cc1C.CC.CC.CC. The van der Waals surface area contributed by atoms with Crippen molar-refractivity contribution in [2.75, 3.05) is 0 Å². The summed E-state index contributed by atoms with van der Waals surface area (Å²) in [6.45, 7) is 19.8. The lowest BCUT2D eigenvalue weighted by atomic mass is 9.98. The summed E-state index contributed by atoms with van der Waals surface area (Å²) in [4.78, 5) is 0. The smallest absolute Gasteiger partial charge is 0.123 e. The van der Waals surface area contributed by atoms with Crippen molar-refractivity contribution in [1.29, 1.82) is 0 Å². The molecule has 0 aromatic heterocycles. The number of hydrogen-bond donors (Lipinski definition) is 1. The van der Waals surface area contributed by atoms with Gasteiger partial charge in [-0.1, -0.05) is 82.3 Å². The van der Waals surface area contributed by atoms with Crippen LogP contribution in [0.15, 0.2) is 41.4 Å². The van der Waals surface area contributed by atoms with Gasteiger partial charge in [0, 0.05) is 10.0 Å². The standard InChI is InChI=1S/C16H15BrO.3C2H6/c1-4-12-9-14(16(18)8-11(12)3)13-6-5-10(2)7-15(13)17;3*1-2/h4-9,18H,1H2,2-3H3;3*1-2H3. The highest BCUT2D eigenvalue weighted by molar-refractivity contribution is 9.10. The largest absolute Gasteiger partial charge is 0.507 e. The molecular weight excluding hydrogens is 360 g/mol. The minimum atomic E-state index is 0.294. The maximum Gasteiger partial charge on any atom is 0.123 e. The van der Waals surface area contributed by atoms with Gasteiger partial charge in [0.15, 0.2) is 0 Å². The van der Waals surface area contributed by atoms with Crippen LogP contribution in [0.2, 0.25) is 0 Å². The van der Waals surface area contributed by atoms with Crippen molar-refractivity contribution in [2.24, 2.45) is 0 Å². The lowest BCUT2D eigenvalue weighted by Gasteiger charge is -2.11. The average Bonchev–Trinajstić information content (AvgIpc) is 2.61. The van der Waals surface area contributed by atoms with Gasteiger partial charge >= 0.3 is 0 Å². The fourth-order valence-corrected chi connectivity index (χ4v) is 2.69. The van der Waals surface area contributed by atoms with Crippen LogP contribution in [0.5, 0.6) is 5.75 Å². The number of halogens is 1. The number of aryl methyl sites for hydroxylation is 2. The third-order valence-electron chi connectivity index (χ3n) is 3.02. The van der Waals surface area contributed by atoms with Gasteiger partial charge in [0.05, 0.1) is 0 Å². The second-order valence-electron chi connectivity index (χ2n) is 4.41. The molecule has 0 fully saturated rings. The summed E-state index contributed by atoms with van der Waals surface area (Å²) in [6.07, 6.45) is 1.81. The molecule has 1 N–H and O–H groups in total. The molecule has 1 nitrogen and oxygen atoms in total. The molecule has 0 unspecified atom stereocenters. The zero-order valence-electron chi connectivity index (χ0n) is 16.5. The number of aromatic hydroxyl groups is 1. The van der Waals surface area contributed by atoms with Gasteiger partial charge in [0.1, 0.15) is 5.75 Å². The van der Waals surface area contributed by atoms with Crippen LogP contribution in [-0.4, -0.2) is 5.11 Å². The highest BCUT2D eigenvalue weighted by atomic mass is 79.9. The Kier molecular flexibility index (Phi) is 14.3. The van der Waals surface area contributed by atoms with Gasteiger partial charge < -0.3 is 5.11 Å². The highest BCUT2D eigenvalue weighted by Gasteiger charge is 2.10. The Morgan fingerprint density at radius 1 is 0.875 bits per heavy atom. The lowest BCUT2D eigenvalue weighted by Crippen LogP contribution is -1.87. The fourth-order valence-electron chi connectivity index (χ4n) is 1.98. The maximum atomic E-state index is 10.1. The van der Waals surface area contributed by atoms with E-state index in [1.807, 2.05) is 79.7 Å². The monoisotopic (exact) mass is 392 g/mol. The minimum Gasteiger partial charge on any atom is -0.507 e. The van der Waals surface area contributed by atoms with Crippen molar-refractivity contribution in [3.63, 3.8) is 0 Å². The molecule has 2 aromatic carbocycles. The molecule has 2 aromatic rings. The summed E-state index contributed by atoms with van der Waals surface area (Å²) in [5.41, 5.74) is 5.05. The number of hydrogen-bond acceptors (Lipinski definition) is 1. The van der Waals surface area contributed by atoms with Crippen molar-refractivity contribution in [3.05, 3.63) is 58.1 Å². The summed E-state index contributed by atoms with van der Waals surface area (Å²) in [6, 6.07) is 9.83. The van der Waals surface area contributed by atoms with Crippen LogP contribution < -0.4 is 0 Å². The molecule has 2 rings (SSSR count). The quantitative estimate of drug-likeness (QED) is 0.546. The number of phenolic OH excluding ortho intramolecular Hbond substituents is 1. The highest BCUT2D eigenvalue weighted by Crippen LogP contribution is 2.36. The molecule has 0 saturated carbocycles. The second kappa shape index (κ2) is 13.9. The first-order chi connectivity index (χ1) is 11.5. The average molecular weight is 393 g/mol. The van der Waals surface area contributed by atoms with Gasteiger partial charge in [0.25, 0.3) is 0 Å². The second-order valence-corrected chi connectivity index (χ2v) is 5.27. The van der Waals surface area contributed by atoms with Gasteiger partial charge in [-0.25, -0.2) is 0 Å². The number of rotatable bonds is 2. The molecule has 0 amide bonds. The van der Waals surface area contributed by atoms with Crippen molar-refractivity contribution >= 4 is 22.0 Å². The Hall–Kier alpha value is -1.54. The first-order valence-corrected chi connectivity index (χ1v) is 9.55. The Bertz CT molecular complexity index is 616. The predicted octanol–water partition coefficient (Wildman–Crippen LogP) is 8.16. The molecule has 0 radical (unpaired) electrons. The number of benzene rings is 2. The zero-order valence-corrected chi connectivity index (χ0v) is 18.1. The normalized spacial score (nSPS) is 8.54. The molecule has 0 saturated heterocycles. The van der Waals surface area contributed by atoms with E-state index in [0.29, 0.717) is 5.75 Å². The van der Waals surface area contributed by atoms with Crippen LogP contribution in [0.3, 0.4) is 0 Å². The molecule has 24 heavy (non-hydrogen) atoms. The van der Waals surface area contributed by atoms with Gasteiger partial charge in [0.2, 0.25) is 0 Å². The van der Waals surface area contributed by atoms with Gasteiger partial charge in [-0.3, -0.25) is 0 Å². The van der Waals surface area contributed by atoms with Gasteiger partial charge in [-0.05, 0) is 54.3 Å². The number of phenols is 1. The summed E-state index contributed by atoms with van der Waals surface area (Å²) >= 11 is 3.55. The fraction of sp³-hybridized carbons (Fsp3) is 0.364. The Morgan fingerprint density at radius 3 is 1.88 bits per heavy atom. The predicted molar refractivity (Wildman–Crippen MR) is 115 cm³/mol. The van der Waals surface area contributed by atoms with E-state index in [9.17, 15) is 5.11 Å². The summed E-state index contributed by atoms with van der Waals surface area (Å²) in [7, 11) is 0. The van der Waals surface area contributed by atoms with Crippen molar-refractivity contribution < 1.29 is 5.11 Å². The van der Waals surface area contributed by atoms with E-state index in [0.717, 1.165) is 26.7 Å². The Morgan fingerprint density at radius 2 is 1.42 bits per heavy atom. The van der Waals surface area contributed by atoms with Crippen LogP contribution >= 0.6 is 15.9 Å².